The van der Waals surface area contributed by atoms with Crippen LogP contribution in [-0.4, -0.2) is 125 Å². The molecule has 6 aliphatic heterocycles. The van der Waals surface area contributed by atoms with E-state index in [1.165, 1.54) is 11.1 Å². The van der Waals surface area contributed by atoms with Gasteiger partial charge < -0.3 is 33.5 Å². The molecule has 10 rings (SSSR count). The van der Waals surface area contributed by atoms with E-state index in [0.29, 0.717) is 95.0 Å². The zero-order valence-electron chi connectivity index (χ0n) is 42.4. The highest BCUT2D eigenvalue weighted by atomic mass is 35.5. The van der Waals surface area contributed by atoms with Gasteiger partial charge in [-0.05, 0) is 88.8 Å². The Bertz CT molecular complexity index is 3250. The molecule has 1 amide bonds. The first-order chi connectivity index (χ1) is 36.4. The first kappa shape index (κ1) is 55.3. The quantitative estimate of drug-likeness (QED) is 0.0390. The van der Waals surface area contributed by atoms with E-state index < -0.39 is 83.3 Å². The number of hydroxylamine groups is 2. The Balaban J connectivity index is 0.988. The van der Waals surface area contributed by atoms with E-state index in [0.717, 1.165) is 11.1 Å². The van der Waals surface area contributed by atoms with Gasteiger partial charge in [-0.2, -0.15) is 30.7 Å². The van der Waals surface area contributed by atoms with Crippen LogP contribution in [0.3, 0.4) is 0 Å². The molecule has 0 radical (unpaired) electrons. The first-order valence-electron chi connectivity index (χ1n) is 25.0. The highest BCUT2D eigenvalue weighted by Crippen LogP contribution is 2.65. The molecule has 0 fully saturated rings. The SMILES string of the molecule is CC1(C)C=C(CS(=O)(=O)O)c2cc3c(c4c2N1CCC4)Oc1c(cc2c4c1CCCN4C(C)(C)C=C2CS(=O)(=O)O)C31c2c(Cl)ccc(Cl)c2C(=O)N1OCCOCCOCCOCCCOc1c(F)c(F)cc(F)c1F. The fourth-order valence-corrected chi connectivity index (χ4v) is 13.7. The number of carbonyl (C=O) groups is 1. The van der Waals surface area contributed by atoms with Crippen LogP contribution in [0, 0.1) is 23.3 Å². The second kappa shape index (κ2) is 20.6. The van der Waals surface area contributed by atoms with Crippen LogP contribution in [0.1, 0.15) is 96.3 Å². The largest absolute Gasteiger partial charge is 0.487 e. The summed E-state index contributed by atoms with van der Waals surface area (Å²) < 4.78 is 156. The van der Waals surface area contributed by atoms with E-state index in [4.69, 9.17) is 51.7 Å². The number of rotatable bonds is 19. The van der Waals surface area contributed by atoms with Gasteiger partial charge in [0.2, 0.25) is 11.6 Å². The molecule has 414 valence electrons. The molecule has 24 heteroatoms. The minimum Gasteiger partial charge on any atom is -0.487 e. The molecule has 0 bridgehead atoms. The number of ether oxygens (including phenoxy) is 5. The molecular formula is C53H55Cl2F4N3O13S2. The number of hydrogen-bond donors (Lipinski definition) is 2. The van der Waals surface area contributed by atoms with Crippen LogP contribution in [0.25, 0.3) is 11.1 Å². The minimum absolute atomic E-state index is 0.0115. The van der Waals surface area contributed by atoms with Gasteiger partial charge >= 0.3 is 0 Å². The molecule has 0 saturated heterocycles. The third kappa shape index (κ3) is 9.87. The zero-order chi connectivity index (χ0) is 55.1. The molecule has 4 aromatic carbocycles. The normalized spacial score (nSPS) is 18.3. The summed E-state index contributed by atoms with van der Waals surface area (Å²) in [5.74, 6) is -8.95. The Hall–Kier alpha value is -5.01. The van der Waals surface area contributed by atoms with Gasteiger partial charge in [-0.3, -0.25) is 18.7 Å². The molecule has 2 N–H and O–H groups in total. The molecule has 0 atom stereocenters. The average molecular weight is 1150 g/mol. The van der Waals surface area contributed by atoms with Gasteiger partial charge in [-0.15, -0.1) is 0 Å². The molecule has 77 heavy (non-hydrogen) atoms. The third-order valence-electron chi connectivity index (χ3n) is 14.8. The van der Waals surface area contributed by atoms with Crippen molar-refractivity contribution in [3.8, 4) is 17.2 Å². The molecule has 6 aliphatic rings. The monoisotopic (exact) mass is 1150 g/mol. The third-order valence-corrected chi connectivity index (χ3v) is 16.7. The van der Waals surface area contributed by atoms with Gasteiger partial charge in [0.15, 0.2) is 22.9 Å². The maximum Gasteiger partial charge on any atom is 0.280 e. The lowest BCUT2D eigenvalue weighted by Gasteiger charge is -2.51. The molecule has 4 aromatic rings. The molecular weight excluding hydrogens is 1100 g/mol. The predicted molar refractivity (Wildman–Crippen MR) is 279 cm³/mol. The molecule has 16 nitrogen and oxygen atoms in total. The lowest BCUT2D eigenvalue weighted by molar-refractivity contribution is -0.171. The molecule has 6 heterocycles. The van der Waals surface area contributed by atoms with Gasteiger partial charge in [-0.25, -0.2) is 8.78 Å². The standard InChI is InChI=1S/C53H55Cl2F4N3O13S2/c1-51(2)25-29(27-76(64,65)66)33-22-35-47(31-8-5-12-60(51)45(31)33)75-48-32-9-6-13-61-46(32)34(30(26-52(61,3)4)28-77(67,68)69)23-36(48)53(35)42-38(55)11-10-37(54)41(42)50(63)62(53)74-21-20-72-19-18-71-17-16-70-14-7-15-73-49-43(58)39(56)24-40(57)44(49)59/h10-11,22-26H,5-9,12-21,27-28H2,1-4H3,(H,64,65,66)(H,67,68,69). The van der Waals surface area contributed by atoms with E-state index in [1.54, 1.807) is 18.2 Å². The summed E-state index contributed by atoms with van der Waals surface area (Å²) in [5.41, 5.74) is 2.03. The lowest BCUT2D eigenvalue weighted by atomic mass is 9.70. The molecule has 0 aromatic heterocycles. The lowest BCUT2D eigenvalue weighted by Crippen LogP contribution is -2.51. The number of nitrogens with zero attached hydrogens (tertiary/aromatic N) is 3. The van der Waals surface area contributed by atoms with Crippen molar-refractivity contribution in [2.75, 3.05) is 87.3 Å². The predicted octanol–water partition coefficient (Wildman–Crippen LogP) is 9.49. The van der Waals surface area contributed by atoms with Gasteiger partial charge in [0.1, 0.15) is 23.0 Å². The van der Waals surface area contributed by atoms with Crippen LogP contribution in [0.15, 0.2) is 42.5 Å². The molecule has 0 saturated carbocycles. The Kier molecular flexibility index (Phi) is 14.8. The minimum atomic E-state index is -4.60. The summed E-state index contributed by atoms with van der Waals surface area (Å²) >= 11 is 14.4. The maximum absolute atomic E-state index is 15.4. The first-order valence-corrected chi connectivity index (χ1v) is 29.0. The van der Waals surface area contributed by atoms with Crippen LogP contribution < -0.4 is 19.3 Å². The second-order valence-electron chi connectivity index (χ2n) is 20.7. The van der Waals surface area contributed by atoms with Gasteiger partial charge in [0.05, 0.1) is 79.3 Å². The summed E-state index contributed by atoms with van der Waals surface area (Å²) in [6, 6.07) is 6.67. The van der Waals surface area contributed by atoms with Crippen molar-refractivity contribution in [1.29, 1.82) is 0 Å². The average Bonchev–Trinajstić information content (AvgIpc) is 3.94. The smallest absolute Gasteiger partial charge is 0.280 e. The maximum atomic E-state index is 15.4. The summed E-state index contributed by atoms with van der Waals surface area (Å²) in [6.45, 7) is 9.02. The number of anilines is 2. The van der Waals surface area contributed by atoms with Gasteiger partial charge in [-0.1, -0.05) is 35.4 Å². The fourth-order valence-electron chi connectivity index (χ4n) is 11.9. The van der Waals surface area contributed by atoms with Crippen molar-refractivity contribution in [2.24, 2.45) is 0 Å². The van der Waals surface area contributed by atoms with E-state index in [9.17, 15) is 43.5 Å². The Morgan fingerprint density at radius 3 is 1.62 bits per heavy atom. The second-order valence-corrected chi connectivity index (χ2v) is 24.4. The summed E-state index contributed by atoms with van der Waals surface area (Å²) in [4.78, 5) is 26.5. The van der Waals surface area contributed by atoms with Crippen molar-refractivity contribution in [2.45, 2.75) is 76.4 Å². The van der Waals surface area contributed by atoms with Crippen LogP contribution >= 0.6 is 23.2 Å². The van der Waals surface area contributed by atoms with Crippen LogP contribution in [0.2, 0.25) is 10.0 Å². The Morgan fingerprint density at radius 1 is 0.662 bits per heavy atom. The fraction of sp³-hybridized carbons (Fsp3) is 0.453. The van der Waals surface area contributed by atoms with Crippen molar-refractivity contribution in [3.63, 3.8) is 0 Å². The number of hydrogen-bond acceptors (Lipinski definition) is 13. The molecule has 0 unspecified atom stereocenters. The summed E-state index contributed by atoms with van der Waals surface area (Å²) in [5, 5.41) is 1.36. The topological polar surface area (TPSA) is 191 Å². The van der Waals surface area contributed by atoms with Crippen molar-refractivity contribution < 1.29 is 76.8 Å². The molecule has 0 aliphatic carbocycles. The Morgan fingerprint density at radius 2 is 1.13 bits per heavy atom. The number of fused-ring (bicyclic) bond motifs is 8. The van der Waals surface area contributed by atoms with Crippen LogP contribution in [0.4, 0.5) is 28.9 Å². The Labute approximate surface area is 452 Å². The number of benzene rings is 4. The van der Waals surface area contributed by atoms with E-state index >= 15 is 4.79 Å². The van der Waals surface area contributed by atoms with Crippen molar-refractivity contribution in [3.05, 3.63) is 120 Å². The van der Waals surface area contributed by atoms with E-state index in [2.05, 4.69) is 9.80 Å². The van der Waals surface area contributed by atoms with E-state index in [-0.39, 0.29) is 86.5 Å². The van der Waals surface area contributed by atoms with Gasteiger partial charge in [0.25, 0.3) is 26.1 Å². The highest BCUT2D eigenvalue weighted by Gasteiger charge is 2.62. The number of halogens is 6. The van der Waals surface area contributed by atoms with E-state index in [1.807, 2.05) is 39.8 Å². The number of carbonyl (C=O) groups excluding carboxylic acids is 1. The summed E-state index contributed by atoms with van der Waals surface area (Å²) in [6.07, 6.45) is 6.04. The van der Waals surface area contributed by atoms with Gasteiger partial charge in [0, 0.05) is 76.2 Å². The van der Waals surface area contributed by atoms with Crippen molar-refractivity contribution in [1.82, 2.24) is 5.06 Å². The number of amides is 1. The van der Waals surface area contributed by atoms with Crippen LogP contribution in [0.5, 0.6) is 17.2 Å². The molecule has 1 spiro atoms. The van der Waals surface area contributed by atoms with Crippen molar-refractivity contribution >= 4 is 71.9 Å². The van der Waals surface area contributed by atoms with Crippen LogP contribution in [-0.2, 0) is 57.7 Å². The summed E-state index contributed by atoms with van der Waals surface area (Å²) in [7, 11) is -9.21. The highest BCUT2D eigenvalue weighted by molar-refractivity contribution is 7.86. The zero-order valence-corrected chi connectivity index (χ0v) is 45.5.